The minimum atomic E-state index is -4.20. The topological polar surface area (TPSA) is 122 Å². The molecule has 0 saturated carbocycles. The second-order valence-electron chi connectivity index (χ2n) is 2.51. The fourth-order valence-corrected chi connectivity index (χ4v) is 1.68. The molecule has 0 aromatic carbocycles. The van der Waals surface area contributed by atoms with Crippen LogP contribution in [0.1, 0.15) is 13.3 Å². The summed E-state index contributed by atoms with van der Waals surface area (Å²) < 4.78 is 29.5. The number of aliphatic carboxylic acids is 1. The van der Waals surface area contributed by atoms with Crippen LogP contribution in [0.5, 0.6) is 0 Å². The molecule has 1 amide bonds. The van der Waals surface area contributed by atoms with E-state index in [-0.39, 0.29) is 6.42 Å². The van der Waals surface area contributed by atoms with Crippen LogP contribution in [0.25, 0.3) is 0 Å². The second-order valence-corrected chi connectivity index (χ2v) is 3.96. The van der Waals surface area contributed by atoms with Gasteiger partial charge in [0.25, 0.3) is 0 Å². The molecule has 9 heteroatoms. The van der Waals surface area contributed by atoms with E-state index in [1.807, 2.05) is 0 Å². The quantitative estimate of drug-likeness (QED) is 0.569. The Hall–Kier alpha value is -1.35. The van der Waals surface area contributed by atoms with Crippen LogP contribution in [0.4, 0.5) is 4.79 Å². The summed E-state index contributed by atoms with van der Waals surface area (Å²) >= 11 is 0. The van der Waals surface area contributed by atoms with Gasteiger partial charge in [0.05, 0.1) is 7.11 Å². The highest BCUT2D eigenvalue weighted by atomic mass is 32.2. The van der Waals surface area contributed by atoms with E-state index in [0.29, 0.717) is 0 Å². The van der Waals surface area contributed by atoms with Crippen molar-refractivity contribution in [2.75, 3.05) is 7.11 Å². The van der Waals surface area contributed by atoms with Crippen LogP contribution < -0.4 is 9.44 Å². The number of methoxy groups -OCH3 is 1. The summed E-state index contributed by atoms with van der Waals surface area (Å²) in [4.78, 5) is 21.1. The third kappa shape index (κ3) is 5.18. The number of hydrogen-bond acceptors (Lipinski definition) is 5. The predicted molar refractivity (Wildman–Crippen MR) is 49.3 cm³/mol. The van der Waals surface area contributed by atoms with Gasteiger partial charge in [0, 0.05) is 0 Å². The highest BCUT2D eigenvalue weighted by Crippen LogP contribution is 1.93. The van der Waals surface area contributed by atoms with Gasteiger partial charge in [-0.2, -0.15) is 13.1 Å². The SMILES string of the molecule is CC[C@H](NS(=O)(=O)NC(=O)OC)C(=O)O. The lowest BCUT2D eigenvalue weighted by atomic mass is 10.2. The summed E-state index contributed by atoms with van der Waals surface area (Å²) in [7, 11) is -3.22. The van der Waals surface area contributed by atoms with Gasteiger partial charge in [-0.05, 0) is 6.42 Å². The molecule has 0 aliphatic carbocycles. The molecule has 0 aliphatic heterocycles. The van der Waals surface area contributed by atoms with E-state index in [1.54, 1.807) is 4.72 Å². The molecule has 0 aromatic rings. The van der Waals surface area contributed by atoms with Crippen molar-refractivity contribution in [1.29, 1.82) is 0 Å². The van der Waals surface area contributed by atoms with Crippen LogP contribution in [0.2, 0.25) is 0 Å². The average Bonchev–Trinajstić information content (AvgIpc) is 2.13. The lowest BCUT2D eigenvalue weighted by molar-refractivity contribution is -0.139. The summed E-state index contributed by atoms with van der Waals surface area (Å²) in [5.41, 5.74) is 0. The molecule has 88 valence electrons. The first-order chi connectivity index (χ1) is 6.82. The van der Waals surface area contributed by atoms with Crippen molar-refractivity contribution in [1.82, 2.24) is 9.44 Å². The van der Waals surface area contributed by atoms with Gasteiger partial charge in [0.15, 0.2) is 0 Å². The van der Waals surface area contributed by atoms with Gasteiger partial charge in [0.1, 0.15) is 6.04 Å². The van der Waals surface area contributed by atoms with Crippen LogP contribution in [-0.4, -0.2) is 38.7 Å². The lowest BCUT2D eigenvalue weighted by Crippen LogP contribution is -2.47. The highest BCUT2D eigenvalue weighted by Gasteiger charge is 2.23. The van der Waals surface area contributed by atoms with E-state index in [2.05, 4.69) is 4.74 Å². The van der Waals surface area contributed by atoms with E-state index in [9.17, 15) is 18.0 Å². The minimum Gasteiger partial charge on any atom is -0.480 e. The van der Waals surface area contributed by atoms with Crippen molar-refractivity contribution in [3.05, 3.63) is 0 Å². The third-order valence-electron chi connectivity index (χ3n) is 1.41. The molecule has 0 saturated heterocycles. The van der Waals surface area contributed by atoms with E-state index in [4.69, 9.17) is 5.11 Å². The summed E-state index contributed by atoms with van der Waals surface area (Å²) in [6.45, 7) is 1.49. The van der Waals surface area contributed by atoms with Crippen molar-refractivity contribution in [3.8, 4) is 0 Å². The number of carbonyl (C=O) groups excluding carboxylic acids is 1. The Morgan fingerprint density at radius 3 is 2.33 bits per heavy atom. The van der Waals surface area contributed by atoms with Gasteiger partial charge in [-0.15, -0.1) is 0 Å². The van der Waals surface area contributed by atoms with Crippen LogP contribution in [0.3, 0.4) is 0 Å². The summed E-state index contributed by atoms with van der Waals surface area (Å²) in [6, 6.07) is -1.29. The number of hydrogen-bond donors (Lipinski definition) is 3. The largest absolute Gasteiger partial charge is 0.480 e. The smallest absolute Gasteiger partial charge is 0.421 e. The molecular formula is C6H12N2O6S. The first-order valence-corrected chi connectivity index (χ1v) is 5.41. The normalized spacial score (nSPS) is 12.9. The van der Waals surface area contributed by atoms with Gasteiger partial charge in [0.2, 0.25) is 0 Å². The molecule has 0 rings (SSSR count). The zero-order valence-corrected chi connectivity index (χ0v) is 9.00. The van der Waals surface area contributed by atoms with Crippen LogP contribution in [0, 0.1) is 0 Å². The predicted octanol–water partition coefficient (Wildman–Crippen LogP) is -0.960. The first-order valence-electron chi connectivity index (χ1n) is 3.93. The van der Waals surface area contributed by atoms with Crippen LogP contribution >= 0.6 is 0 Å². The molecule has 1 atom stereocenters. The standard InChI is InChI=1S/C6H12N2O6S/c1-3-4(5(9)10)7-15(12,13)8-6(11)14-2/h4,7H,3H2,1-2H3,(H,8,11)(H,9,10)/t4-/m0/s1. The fourth-order valence-electron chi connectivity index (χ4n) is 0.676. The van der Waals surface area contributed by atoms with Crippen LogP contribution in [-0.2, 0) is 19.7 Å². The number of nitrogens with one attached hydrogen (secondary N) is 2. The summed E-state index contributed by atoms with van der Waals surface area (Å²) in [6.07, 6.45) is -1.14. The molecule has 0 radical (unpaired) electrons. The fraction of sp³-hybridized carbons (Fsp3) is 0.667. The lowest BCUT2D eigenvalue weighted by Gasteiger charge is -2.12. The molecule has 0 spiro atoms. The summed E-state index contributed by atoms with van der Waals surface area (Å²) in [5, 5.41) is 8.56. The molecule has 0 unspecified atom stereocenters. The first kappa shape index (κ1) is 13.7. The minimum absolute atomic E-state index is 0.0530. The molecule has 0 aliphatic rings. The Labute approximate surface area is 86.8 Å². The third-order valence-corrected chi connectivity index (χ3v) is 2.44. The van der Waals surface area contributed by atoms with Gasteiger partial charge >= 0.3 is 22.3 Å². The van der Waals surface area contributed by atoms with E-state index >= 15 is 0 Å². The maximum atomic E-state index is 11.1. The number of ether oxygens (including phenoxy) is 1. The average molecular weight is 240 g/mol. The van der Waals surface area contributed by atoms with Crippen molar-refractivity contribution >= 4 is 22.3 Å². The van der Waals surface area contributed by atoms with Gasteiger partial charge in [-0.25, -0.2) is 9.52 Å². The van der Waals surface area contributed by atoms with E-state index < -0.39 is 28.3 Å². The number of amides is 1. The van der Waals surface area contributed by atoms with Gasteiger partial charge < -0.3 is 9.84 Å². The molecule has 3 N–H and O–H groups in total. The number of carboxylic acids is 1. The Kier molecular flexibility index (Phi) is 5.02. The molecular weight excluding hydrogens is 228 g/mol. The Morgan fingerprint density at radius 2 is 2.00 bits per heavy atom. The zero-order chi connectivity index (χ0) is 12.1. The van der Waals surface area contributed by atoms with Crippen molar-refractivity contribution < 1.29 is 27.9 Å². The molecule has 0 fully saturated rings. The molecule has 15 heavy (non-hydrogen) atoms. The molecule has 8 nitrogen and oxygen atoms in total. The van der Waals surface area contributed by atoms with Crippen molar-refractivity contribution in [2.24, 2.45) is 0 Å². The Morgan fingerprint density at radius 1 is 1.47 bits per heavy atom. The van der Waals surface area contributed by atoms with Gasteiger partial charge in [-0.1, -0.05) is 6.92 Å². The van der Waals surface area contributed by atoms with Crippen molar-refractivity contribution in [3.63, 3.8) is 0 Å². The van der Waals surface area contributed by atoms with Crippen molar-refractivity contribution in [2.45, 2.75) is 19.4 Å². The van der Waals surface area contributed by atoms with E-state index in [0.717, 1.165) is 7.11 Å². The summed E-state index contributed by atoms with van der Waals surface area (Å²) in [5.74, 6) is -1.33. The maximum Gasteiger partial charge on any atom is 0.421 e. The highest BCUT2D eigenvalue weighted by molar-refractivity contribution is 7.88. The van der Waals surface area contributed by atoms with E-state index in [1.165, 1.54) is 11.6 Å². The Balaban J connectivity index is 4.49. The number of rotatable bonds is 5. The number of carbonyl (C=O) groups is 2. The van der Waals surface area contributed by atoms with Crippen LogP contribution in [0.15, 0.2) is 0 Å². The Bertz CT molecular complexity index is 338. The van der Waals surface area contributed by atoms with Gasteiger partial charge in [-0.3, -0.25) is 4.79 Å². The monoisotopic (exact) mass is 240 g/mol. The molecule has 0 bridgehead atoms. The maximum absolute atomic E-state index is 11.1. The zero-order valence-electron chi connectivity index (χ0n) is 8.18. The number of carboxylic acid groups (broad SMARTS) is 1. The molecule has 0 aromatic heterocycles. The molecule has 0 heterocycles. The second kappa shape index (κ2) is 5.51.